The molecule has 1 rings (SSSR count). The van der Waals surface area contributed by atoms with Gasteiger partial charge in [-0.15, -0.1) is 0 Å². The van der Waals surface area contributed by atoms with Gasteiger partial charge in [0.2, 0.25) is 10.0 Å². The second-order valence-electron chi connectivity index (χ2n) is 3.48. The fourth-order valence-corrected chi connectivity index (χ4v) is 2.64. The lowest BCUT2D eigenvalue weighted by molar-refractivity contribution is -0.137. The van der Waals surface area contributed by atoms with Crippen molar-refractivity contribution < 1.29 is 21.6 Å². The first-order valence-corrected chi connectivity index (χ1v) is 6.34. The molecule has 17 heavy (non-hydrogen) atoms. The van der Waals surface area contributed by atoms with E-state index < -0.39 is 21.8 Å². The molecular weight excluding hydrogens is 255 g/mol. The molecule has 0 fully saturated rings. The highest BCUT2D eigenvalue weighted by Crippen LogP contribution is 2.31. The molecule has 0 aliphatic rings. The highest BCUT2D eigenvalue weighted by atomic mass is 32.2. The Labute approximate surface area is 97.7 Å². The minimum Gasteiger partial charge on any atom is -0.211 e. The number of hydrogen-bond acceptors (Lipinski definition) is 2. The molecule has 0 saturated heterocycles. The molecule has 96 valence electrons. The van der Waals surface area contributed by atoms with Crippen molar-refractivity contribution in [1.82, 2.24) is 4.72 Å². The van der Waals surface area contributed by atoms with Gasteiger partial charge in [-0.3, -0.25) is 0 Å². The number of alkyl halides is 3. The van der Waals surface area contributed by atoms with Crippen molar-refractivity contribution in [2.45, 2.75) is 24.9 Å². The van der Waals surface area contributed by atoms with Gasteiger partial charge in [0.15, 0.2) is 0 Å². The smallest absolute Gasteiger partial charge is 0.211 e. The zero-order chi connectivity index (χ0) is 13.3. The van der Waals surface area contributed by atoms with E-state index in [-0.39, 0.29) is 17.0 Å². The van der Waals surface area contributed by atoms with Crippen LogP contribution in [0.4, 0.5) is 13.2 Å². The largest absolute Gasteiger partial charge is 0.416 e. The number of aryl methyl sites for hydroxylation is 1. The molecule has 0 saturated carbocycles. The molecule has 0 spiro atoms. The fourth-order valence-electron chi connectivity index (χ4n) is 1.33. The zero-order valence-corrected chi connectivity index (χ0v) is 10.1. The number of halogens is 3. The maximum absolute atomic E-state index is 12.5. The number of benzene rings is 1. The molecule has 0 unspecified atom stereocenters. The van der Waals surface area contributed by atoms with Crippen LogP contribution in [-0.4, -0.2) is 15.0 Å². The molecule has 0 heterocycles. The summed E-state index contributed by atoms with van der Waals surface area (Å²) < 4.78 is 62.8. The Morgan fingerprint density at radius 1 is 1.29 bits per heavy atom. The van der Waals surface area contributed by atoms with Crippen LogP contribution in [0.1, 0.15) is 18.1 Å². The van der Waals surface area contributed by atoms with Gasteiger partial charge in [-0.1, -0.05) is 13.0 Å². The summed E-state index contributed by atoms with van der Waals surface area (Å²) in [7, 11) is -3.87. The fraction of sp³-hybridized carbons (Fsp3) is 0.400. The Morgan fingerprint density at radius 2 is 1.88 bits per heavy atom. The topological polar surface area (TPSA) is 46.2 Å². The molecule has 0 atom stereocenters. The van der Waals surface area contributed by atoms with Gasteiger partial charge in [0, 0.05) is 6.54 Å². The third-order valence-electron chi connectivity index (χ3n) is 2.14. The number of rotatable bonds is 3. The summed E-state index contributed by atoms with van der Waals surface area (Å²) in [5.41, 5.74) is -0.696. The van der Waals surface area contributed by atoms with Gasteiger partial charge in [0.05, 0.1) is 10.5 Å². The van der Waals surface area contributed by atoms with Crippen LogP contribution < -0.4 is 4.72 Å². The molecule has 1 aromatic carbocycles. The highest BCUT2D eigenvalue weighted by Gasteiger charge is 2.32. The molecule has 0 aliphatic carbocycles. The summed E-state index contributed by atoms with van der Waals surface area (Å²) in [5.74, 6) is 0. The Balaban J connectivity index is 3.35. The Morgan fingerprint density at radius 3 is 2.35 bits per heavy atom. The van der Waals surface area contributed by atoms with E-state index in [0.29, 0.717) is 6.07 Å². The van der Waals surface area contributed by atoms with E-state index in [2.05, 4.69) is 4.72 Å². The van der Waals surface area contributed by atoms with E-state index in [1.54, 1.807) is 6.92 Å². The van der Waals surface area contributed by atoms with E-state index >= 15 is 0 Å². The monoisotopic (exact) mass is 267 g/mol. The van der Waals surface area contributed by atoms with Gasteiger partial charge in [-0.2, -0.15) is 13.2 Å². The van der Waals surface area contributed by atoms with Crippen molar-refractivity contribution >= 4 is 10.0 Å². The summed E-state index contributed by atoms with van der Waals surface area (Å²) in [6, 6.07) is 2.65. The Hall–Kier alpha value is -1.08. The molecule has 0 bridgehead atoms. The SMILES string of the molecule is CCNS(=O)(=O)c1cc(C(F)(F)F)ccc1C. The normalized spacial score (nSPS) is 12.8. The van der Waals surface area contributed by atoms with Crippen LogP contribution in [0.15, 0.2) is 23.1 Å². The third-order valence-corrected chi connectivity index (χ3v) is 3.83. The number of hydrogen-bond donors (Lipinski definition) is 1. The van der Waals surface area contributed by atoms with Crippen molar-refractivity contribution in [3.8, 4) is 0 Å². The first kappa shape index (κ1) is 14.0. The maximum atomic E-state index is 12.5. The lowest BCUT2D eigenvalue weighted by atomic mass is 10.1. The number of sulfonamides is 1. The second-order valence-corrected chi connectivity index (χ2v) is 5.21. The van der Waals surface area contributed by atoms with Gasteiger partial charge >= 0.3 is 6.18 Å². The lowest BCUT2D eigenvalue weighted by Crippen LogP contribution is -2.24. The summed E-state index contributed by atoms with van der Waals surface area (Å²) in [6.45, 7) is 3.13. The minimum absolute atomic E-state index is 0.123. The van der Waals surface area contributed by atoms with Crippen molar-refractivity contribution in [2.24, 2.45) is 0 Å². The van der Waals surface area contributed by atoms with Crippen molar-refractivity contribution in [3.05, 3.63) is 29.3 Å². The van der Waals surface area contributed by atoms with Crippen LogP contribution in [0.2, 0.25) is 0 Å². The first-order valence-electron chi connectivity index (χ1n) is 4.86. The quantitative estimate of drug-likeness (QED) is 0.913. The first-order chi connectivity index (χ1) is 7.68. The van der Waals surface area contributed by atoms with Crippen LogP contribution in [0.25, 0.3) is 0 Å². The Bertz CT molecular complexity index is 509. The molecule has 3 nitrogen and oxygen atoms in total. The van der Waals surface area contributed by atoms with E-state index in [1.165, 1.54) is 6.92 Å². The number of nitrogens with one attached hydrogen (secondary N) is 1. The predicted molar refractivity (Wildman–Crippen MR) is 57.0 cm³/mol. The summed E-state index contributed by atoms with van der Waals surface area (Å²) in [6.07, 6.45) is -4.55. The predicted octanol–water partition coefficient (Wildman–Crippen LogP) is 2.31. The van der Waals surface area contributed by atoms with Crippen molar-refractivity contribution in [1.29, 1.82) is 0 Å². The van der Waals surface area contributed by atoms with E-state index in [9.17, 15) is 21.6 Å². The van der Waals surface area contributed by atoms with E-state index in [1.807, 2.05) is 0 Å². The summed E-state index contributed by atoms with van der Waals surface area (Å²) in [5, 5.41) is 0. The van der Waals surface area contributed by atoms with Gasteiger partial charge in [-0.05, 0) is 24.6 Å². The molecule has 0 amide bonds. The molecule has 7 heteroatoms. The maximum Gasteiger partial charge on any atom is 0.416 e. The minimum atomic E-state index is -4.55. The van der Waals surface area contributed by atoms with Gasteiger partial charge in [0.25, 0.3) is 0 Å². The average molecular weight is 267 g/mol. The Kier molecular flexibility index (Phi) is 3.83. The molecule has 1 aromatic rings. The van der Waals surface area contributed by atoms with Gasteiger partial charge < -0.3 is 0 Å². The molecule has 0 aliphatic heterocycles. The van der Waals surface area contributed by atoms with Crippen molar-refractivity contribution in [2.75, 3.05) is 6.54 Å². The van der Waals surface area contributed by atoms with Crippen LogP contribution in [0.5, 0.6) is 0 Å². The standard InChI is InChI=1S/C10H12F3NO2S/c1-3-14-17(15,16)9-6-8(10(11,12)13)5-4-7(9)2/h4-6,14H,3H2,1-2H3. The second kappa shape index (κ2) is 4.66. The lowest BCUT2D eigenvalue weighted by Gasteiger charge is -2.12. The average Bonchev–Trinajstić information content (AvgIpc) is 2.15. The molecule has 0 radical (unpaired) electrons. The van der Waals surface area contributed by atoms with Gasteiger partial charge in [0.1, 0.15) is 0 Å². The highest BCUT2D eigenvalue weighted by molar-refractivity contribution is 7.89. The van der Waals surface area contributed by atoms with Crippen LogP contribution >= 0.6 is 0 Å². The van der Waals surface area contributed by atoms with Crippen LogP contribution in [-0.2, 0) is 16.2 Å². The van der Waals surface area contributed by atoms with Gasteiger partial charge in [-0.25, -0.2) is 13.1 Å². The van der Waals surface area contributed by atoms with E-state index in [4.69, 9.17) is 0 Å². The van der Waals surface area contributed by atoms with Crippen LogP contribution in [0, 0.1) is 6.92 Å². The summed E-state index contributed by atoms with van der Waals surface area (Å²) >= 11 is 0. The summed E-state index contributed by atoms with van der Waals surface area (Å²) in [4.78, 5) is -0.339. The zero-order valence-electron chi connectivity index (χ0n) is 9.30. The van der Waals surface area contributed by atoms with E-state index in [0.717, 1.165) is 12.1 Å². The van der Waals surface area contributed by atoms with Crippen molar-refractivity contribution in [3.63, 3.8) is 0 Å². The molecule has 1 N–H and O–H groups in total. The third kappa shape index (κ3) is 3.19. The molecule has 0 aromatic heterocycles. The van der Waals surface area contributed by atoms with Crippen LogP contribution in [0.3, 0.4) is 0 Å². The molecular formula is C10H12F3NO2S.